The van der Waals surface area contributed by atoms with Gasteiger partial charge in [-0.3, -0.25) is 4.79 Å². The van der Waals surface area contributed by atoms with Crippen molar-refractivity contribution in [3.63, 3.8) is 0 Å². The summed E-state index contributed by atoms with van der Waals surface area (Å²) >= 11 is 0. The molecule has 2 aliphatic rings. The molecule has 24 heavy (non-hydrogen) atoms. The second kappa shape index (κ2) is 8.08. The molecule has 2 aliphatic carbocycles. The molecular weight excluding hydrogens is 328 g/mol. The van der Waals surface area contributed by atoms with Crippen LogP contribution in [0.25, 0.3) is 0 Å². The third-order valence-electron chi connectivity index (χ3n) is 5.45. The Morgan fingerprint density at radius 2 is 1.83 bits per heavy atom. The predicted molar refractivity (Wildman–Crippen MR) is 97.0 cm³/mol. The van der Waals surface area contributed by atoms with E-state index < -0.39 is 0 Å². The molecule has 2 bridgehead atoms. The fraction of sp³-hybridized carbons (Fsp3) is 0.611. The maximum absolute atomic E-state index is 12.7. The molecule has 2 saturated carbocycles. The molecule has 0 heterocycles. The first-order valence-electron chi connectivity index (χ1n) is 8.41. The summed E-state index contributed by atoms with van der Waals surface area (Å²) in [4.78, 5) is 12.7. The molecule has 3 N–H and O–H groups in total. The molecule has 0 saturated heterocycles. The minimum Gasteiger partial charge on any atom is -0.497 e. The van der Waals surface area contributed by atoms with Crippen molar-refractivity contribution < 1.29 is 14.3 Å². The summed E-state index contributed by atoms with van der Waals surface area (Å²) in [6.07, 6.45) is 5.36. The number of benzene rings is 1. The van der Waals surface area contributed by atoms with Gasteiger partial charge in [0, 0.05) is 18.0 Å². The zero-order valence-electron chi connectivity index (χ0n) is 14.3. The van der Waals surface area contributed by atoms with Gasteiger partial charge in [-0.15, -0.1) is 12.4 Å². The van der Waals surface area contributed by atoms with Crippen LogP contribution in [0.5, 0.6) is 11.5 Å². The number of carbonyl (C=O) groups excluding carboxylic acids is 1. The molecule has 2 unspecified atom stereocenters. The summed E-state index contributed by atoms with van der Waals surface area (Å²) in [6, 6.07) is 5.70. The van der Waals surface area contributed by atoms with Crippen molar-refractivity contribution in [3.8, 4) is 11.5 Å². The molecule has 0 radical (unpaired) electrons. The quantitative estimate of drug-likeness (QED) is 0.870. The number of hydrogen-bond acceptors (Lipinski definition) is 4. The van der Waals surface area contributed by atoms with Crippen LogP contribution >= 0.6 is 12.4 Å². The highest BCUT2D eigenvalue weighted by atomic mass is 35.5. The molecule has 0 aliphatic heterocycles. The molecule has 0 aromatic heterocycles. The van der Waals surface area contributed by atoms with Gasteiger partial charge in [-0.05, 0) is 49.7 Å². The lowest BCUT2D eigenvalue weighted by atomic mass is 9.65. The zero-order valence-corrected chi connectivity index (χ0v) is 15.1. The Kier molecular flexibility index (Phi) is 6.35. The lowest BCUT2D eigenvalue weighted by molar-refractivity contribution is -0.122. The van der Waals surface area contributed by atoms with Gasteiger partial charge >= 0.3 is 0 Å². The van der Waals surface area contributed by atoms with Gasteiger partial charge in [0.15, 0.2) is 0 Å². The third kappa shape index (κ3) is 3.78. The van der Waals surface area contributed by atoms with E-state index in [4.69, 9.17) is 15.2 Å². The van der Waals surface area contributed by atoms with Crippen molar-refractivity contribution >= 4 is 24.0 Å². The molecule has 134 valence electrons. The van der Waals surface area contributed by atoms with Crippen LogP contribution < -0.4 is 20.5 Å². The van der Waals surface area contributed by atoms with E-state index in [1.165, 1.54) is 6.42 Å². The monoisotopic (exact) mass is 354 g/mol. The first-order chi connectivity index (χ1) is 11.1. The maximum atomic E-state index is 12.7. The number of anilines is 1. The van der Waals surface area contributed by atoms with Crippen LogP contribution in [0.15, 0.2) is 18.2 Å². The first kappa shape index (κ1) is 18.9. The smallest absolute Gasteiger partial charge is 0.227 e. The van der Waals surface area contributed by atoms with E-state index in [9.17, 15) is 4.79 Å². The summed E-state index contributed by atoms with van der Waals surface area (Å²) in [5.74, 6) is 2.44. The van der Waals surface area contributed by atoms with Crippen molar-refractivity contribution in [2.24, 2.45) is 23.5 Å². The van der Waals surface area contributed by atoms with Crippen molar-refractivity contribution in [1.82, 2.24) is 0 Å². The van der Waals surface area contributed by atoms with E-state index in [-0.39, 0.29) is 30.3 Å². The molecule has 1 aromatic rings. The van der Waals surface area contributed by atoms with Crippen molar-refractivity contribution in [2.45, 2.75) is 38.1 Å². The summed E-state index contributed by atoms with van der Waals surface area (Å²) in [7, 11) is 3.21. The molecule has 0 spiro atoms. The number of methoxy groups -OCH3 is 2. The van der Waals surface area contributed by atoms with Crippen LogP contribution in [0, 0.1) is 17.8 Å². The van der Waals surface area contributed by atoms with E-state index in [0.717, 1.165) is 25.7 Å². The van der Waals surface area contributed by atoms with E-state index in [1.807, 2.05) is 6.07 Å². The Balaban J connectivity index is 0.00000208. The maximum Gasteiger partial charge on any atom is 0.227 e. The molecule has 2 atom stereocenters. The largest absolute Gasteiger partial charge is 0.497 e. The highest BCUT2D eigenvalue weighted by Crippen LogP contribution is 2.42. The van der Waals surface area contributed by atoms with Gasteiger partial charge in [-0.2, -0.15) is 0 Å². The average molecular weight is 355 g/mol. The summed E-state index contributed by atoms with van der Waals surface area (Å²) in [5, 5.41) is 3.03. The van der Waals surface area contributed by atoms with Crippen LogP contribution in [-0.2, 0) is 4.79 Å². The number of rotatable bonds is 4. The Morgan fingerprint density at radius 1 is 1.17 bits per heavy atom. The predicted octanol–water partition coefficient (Wildman–Crippen LogP) is 3.22. The number of nitrogens with two attached hydrogens (primary N) is 1. The van der Waals surface area contributed by atoms with Gasteiger partial charge in [0.25, 0.3) is 0 Å². The number of carbonyl (C=O) groups is 1. The van der Waals surface area contributed by atoms with Crippen molar-refractivity contribution in [2.75, 3.05) is 19.5 Å². The van der Waals surface area contributed by atoms with E-state index in [0.29, 0.717) is 29.0 Å². The van der Waals surface area contributed by atoms with Gasteiger partial charge in [0.05, 0.1) is 19.9 Å². The Morgan fingerprint density at radius 3 is 2.42 bits per heavy atom. The number of halogens is 1. The van der Waals surface area contributed by atoms with Gasteiger partial charge in [-0.1, -0.05) is 6.42 Å². The standard InChI is InChI=1S/C18H26N2O3.ClH/c1-22-14-6-7-16(23-2)15(10-14)20-18(21)13-8-11-4-3-5-12(9-13)17(11)19;/h6-7,10-13,17H,3-5,8-9,19H2,1-2H3,(H,20,21);1H. The van der Waals surface area contributed by atoms with Crippen LogP contribution in [0.3, 0.4) is 0 Å². The van der Waals surface area contributed by atoms with Crippen LogP contribution in [0.2, 0.25) is 0 Å². The van der Waals surface area contributed by atoms with E-state index >= 15 is 0 Å². The fourth-order valence-electron chi connectivity index (χ4n) is 4.15. The molecule has 3 rings (SSSR count). The summed E-state index contributed by atoms with van der Waals surface area (Å²) < 4.78 is 10.6. The van der Waals surface area contributed by atoms with Crippen LogP contribution in [-0.4, -0.2) is 26.2 Å². The van der Waals surface area contributed by atoms with Gasteiger partial charge in [0.1, 0.15) is 11.5 Å². The van der Waals surface area contributed by atoms with E-state index in [2.05, 4.69) is 5.32 Å². The van der Waals surface area contributed by atoms with Crippen LogP contribution in [0.1, 0.15) is 32.1 Å². The lowest BCUT2D eigenvalue weighted by Crippen LogP contribution is -2.48. The number of fused-ring (bicyclic) bond motifs is 2. The molecule has 5 nitrogen and oxygen atoms in total. The van der Waals surface area contributed by atoms with Crippen molar-refractivity contribution in [1.29, 1.82) is 0 Å². The van der Waals surface area contributed by atoms with Gasteiger partial charge in [0.2, 0.25) is 5.91 Å². The highest BCUT2D eigenvalue weighted by molar-refractivity contribution is 5.94. The SMILES string of the molecule is COc1ccc(OC)c(NC(=O)C2CC3CCCC(C2)C3N)c1.Cl. The normalized spacial score (nSPS) is 28.5. The molecule has 6 heteroatoms. The zero-order chi connectivity index (χ0) is 16.4. The van der Waals surface area contributed by atoms with Gasteiger partial charge < -0.3 is 20.5 Å². The second-order valence-electron chi connectivity index (χ2n) is 6.75. The minimum atomic E-state index is 0. The third-order valence-corrected chi connectivity index (χ3v) is 5.45. The molecule has 2 fully saturated rings. The number of amides is 1. The number of hydrogen-bond donors (Lipinski definition) is 2. The molecular formula is C18H27ClN2O3. The Bertz CT molecular complexity index is 567. The molecule has 1 aromatic carbocycles. The number of ether oxygens (including phenoxy) is 2. The van der Waals surface area contributed by atoms with Crippen LogP contribution in [0.4, 0.5) is 5.69 Å². The van der Waals surface area contributed by atoms with Gasteiger partial charge in [-0.25, -0.2) is 0 Å². The molecule has 1 amide bonds. The second-order valence-corrected chi connectivity index (χ2v) is 6.75. The fourth-order valence-corrected chi connectivity index (χ4v) is 4.15. The first-order valence-corrected chi connectivity index (χ1v) is 8.41. The average Bonchev–Trinajstić information content (AvgIpc) is 2.54. The number of nitrogens with one attached hydrogen (secondary N) is 1. The summed E-state index contributed by atoms with van der Waals surface area (Å²) in [5.41, 5.74) is 6.98. The Hall–Kier alpha value is -1.46. The highest BCUT2D eigenvalue weighted by Gasteiger charge is 2.40. The lowest BCUT2D eigenvalue weighted by Gasteiger charge is -2.43. The Labute approximate surface area is 149 Å². The van der Waals surface area contributed by atoms with Crippen molar-refractivity contribution in [3.05, 3.63) is 18.2 Å². The topological polar surface area (TPSA) is 73.6 Å². The summed E-state index contributed by atoms with van der Waals surface area (Å²) in [6.45, 7) is 0. The minimum absolute atomic E-state index is 0. The van der Waals surface area contributed by atoms with E-state index in [1.54, 1.807) is 26.4 Å².